The minimum Gasteiger partial charge on any atom is -0.351 e. The van der Waals surface area contributed by atoms with Crippen molar-refractivity contribution in [3.63, 3.8) is 0 Å². The smallest absolute Gasteiger partial charge is 0.351 e. The average molecular weight is 379 g/mol. The predicted molar refractivity (Wildman–Crippen MR) is 90.9 cm³/mol. The number of alkyl halides is 3. The molecule has 1 amide bonds. The minimum atomic E-state index is -4.66. The van der Waals surface area contributed by atoms with Crippen LogP contribution in [0, 0.1) is 0 Å². The number of carbonyl (C=O) groups excluding carboxylic acids is 1. The maximum atomic E-state index is 12.7. The third-order valence-corrected chi connectivity index (χ3v) is 4.04. The number of hydrogen-bond acceptors (Lipinski definition) is 4. The molecule has 0 unspecified atom stereocenters. The summed E-state index contributed by atoms with van der Waals surface area (Å²) in [7, 11) is 0. The molecule has 0 bridgehead atoms. The highest BCUT2D eigenvalue weighted by Crippen LogP contribution is 2.32. The Morgan fingerprint density at radius 1 is 1.22 bits per heavy atom. The van der Waals surface area contributed by atoms with Crippen LogP contribution in [-0.4, -0.2) is 16.0 Å². The van der Waals surface area contributed by atoms with Crippen LogP contribution in [0.4, 0.5) is 13.2 Å². The van der Waals surface area contributed by atoms with E-state index in [-0.39, 0.29) is 17.7 Å². The van der Waals surface area contributed by atoms with Gasteiger partial charge in [-0.2, -0.15) is 13.2 Å². The summed E-state index contributed by atoms with van der Waals surface area (Å²) in [4.78, 5) is 27.0. The van der Waals surface area contributed by atoms with Gasteiger partial charge in [-0.25, -0.2) is 0 Å². The second-order valence-electron chi connectivity index (χ2n) is 6.64. The van der Waals surface area contributed by atoms with Crippen molar-refractivity contribution in [1.82, 2.24) is 15.5 Å². The van der Waals surface area contributed by atoms with Crippen molar-refractivity contribution in [3.8, 4) is 0 Å². The van der Waals surface area contributed by atoms with Gasteiger partial charge in [0.2, 0.25) is 11.7 Å². The van der Waals surface area contributed by atoms with E-state index >= 15 is 0 Å². The Morgan fingerprint density at radius 2 is 1.93 bits per heavy atom. The lowest BCUT2D eigenvalue weighted by Crippen LogP contribution is -2.42. The number of aromatic nitrogens is 2. The second-order valence-corrected chi connectivity index (χ2v) is 6.64. The van der Waals surface area contributed by atoms with E-state index < -0.39 is 23.4 Å². The molecule has 0 saturated heterocycles. The van der Waals surface area contributed by atoms with Crippen molar-refractivity contribution in [2.75, 3.05) is 0 Å². The normalized spacial score (nSPS) is 12.3. The monoisotopic (exact) mass is 379 g/mol. The number of pyridine rings is 1. The van der Waals surface area contributed by atoms with Gasteiger partial charge in [-0.3, -0.25) is 9.59 Å². The number of halogens is 3. The van der Waals surface area contributed by atoms with Crippen molar-refractivity contribution in [2.45, 2.75) is 32.0 Å². The molecule has 0 spiro atoms. The minimum absolute atomic E-state index is 0.0600. The van der Waals surface area contributed by atoms with E-state index in [1.807, 2.05) is 0 Å². The topological polar surface area (TPSA) is 88.0 Å². The van der Waals surface area contributed by atoms with Crippen LogP contribution in [0.1, 0.15) is 31.0 Å². The van der Waals surface area contributed by atoms with Crippen molar-refractivity contribution < 1.29 is 22.5 Å². The summed E-state index contributed by atoms with van der Waals surface area (Å²) >= 11 is 0. The summed E-state index contributed by atoms with van der Waals surface area (Å²) < 4.78 is 42.3. The fraction of sp³-hybridized carbons (Fsp3) is 0.278. The molecule has 2 heterocycles. The lowest BCUT2D eigenvalue weighted by atomic mass is 10.00. The van der Waals surface area contributed by atoms with Gasteiger partial charge < -0.3 is 14.8 Å². The van der Waals surface area contributed by atoms with Crippen LogP contribution >= 0.6 is 0 Å². The number of carbonyl (C=O) groups is 1. The largest absolute Gasteiger partial charge is 0.452 e. The van der Waals surface area contributed by atoms with Gasteiger partial charge in [0.15, 0.2) is 0 Å². The number of amides is 1. The number of nitrogens with one attached hydrogen (secondary N) is 2. The molecule has 142 valence electrons. The Kier molecular flexibility index (Phi) is 4.54. The molecule has 1 aromatic carbocycles. The molecular formula is C18H16F3N3O3. The number of benzene rings is 1. The van der Waals surface area contributed by atoms with Crippen molar-refractivity contribution >= 4 is 16.7 Å². The molecule has 3 aromatic rings. The molecule has 0 fully saturated rings. The number of aromatic amines is 1. The summed E-state index contributed by atoms with van der Waals surface area (Å²) in [6, 6.07) is 9.37. The highest BCUT2D eigenvalue weighted by molar-refractivity contribution is 5.84. The lowest BCUT2D eigenvalue weighted by Gasteiger charge is -2.23. The van der Waals surface area contributed by atoms with E-state index in [4.69, 9.17) is 0 Å². The molecule has 0 aliphatic carbocycles. The zero-order chi connectivity index (χ0) is 19.8. The maximum absolute atomic E-state index is 12.7. The standard InChI is InChI=1S/C18H16F3N3O3/c1-17(2,13-9-14(27-24-13)18(19,20)21)23-15(25)8-11-7-10-5-3-4-6-12(10)16(26)22-11/h3-7,9H,8H2,1-2H3,(H,22,26)(H,23,25). The van der Waals surface area contributed by atoms with Crippen LogP contribution in [-0.2, 0) is 22.9 Å². The van der Waals surface area contributed by atoms with E-state index in [9.17, 15) is 22.8 Å². The first-order valence-corrected chi connectivity index (χ1v) is 8.02. The van der Waals surface area contributed by atoms with Gasteiger partial charge in [0, 0.05) is 17.1 Å². The van der Waals surface area contributed by atoms with Crippen LogP contribution in [0.3, 0.4) is 0 Å². The summed E-state index contributed by atoms with van der Waals surface area (Å²) in [5.41, 5.74) is -1.18. The number of H-pyrrole nitrogens is 1. The Bertz CT molecular complexity index is 1050. The van der Waals surface area contributed by atoms with Crippen molar-refractivity contribution in [3.05, 3.63) is 63.9 Å². The summed E-state index contributed by atoms with van der Waals surface area (Å²) in [6.07, 6.45) is -4.80. The van der Waals surface area contributed by atoms with E-state index in [1.165, 1.54) is 13.8 Å². The van der Waals surface area contributed by atoms with Crippen LogP contribution < -0.4 is 10.9 Å². The molecule has 0 radical (unpaired) electrons. The van der Waals surface area contributed by atoms with Crippen LogP contribution in [0.15, 0.2) is 45.7 Å². The zero-order valence-corrected chi connectivity index (χ0v) is 14.5. The lowest BCUT2D eigenvalue weighted by molar-refractivity contribution is -0.155. The Hall–Kier alpha value is -3.10. The first kappa shape index (κ1) is 18.7. The Labute approximate surface area is 151 Å². The zero-order valence-electron chi connectivity index (χ0n) is 14.5. The first-order chi connectivity index (χ1) is 12.6. The Morgan fingerprint density at radius 3 is 2.59 bits per heavy atom. The number of rotatable bonds is 4. The summed E-state index contributed by atoms with van der Waals surface area (Å²) in [5, 5.41) is 7.20. The fourth-order valence-corrected chi connectivity index (χ4v) is 2.69. The second kappa shape index (κ2) is 6.57. The van der Waals surface area contributed by atoms with Crippen LogP contribution in [0.25, 0.3) is 10.8 Å². The summed E-state index contributed by atoms with van der Waals surface area (Å²) in [5.74, 6) is -1.72. The quantitative estimate of drug-likeness (QED) is 0.729. The van der Waals surface area contributed by atoms with Crippen LogP contribution in [0.5, 0.6) is 0 Å². The van der Waals surface area contributed by atoms with Gasteiger partial charge in [0.25, 0.3) is 5.56 Å². The third-order valence-electron chi connectivity index (χ3n) is 4.04. The van der Waals surface area contributed by atoms with Gasteiger partial charge in [-0.15, -0.1) is 0 Å². The van der Waals surface area contributed by atoms with Gasteiger partial charge in [-0.05, 0) is 31.4 Å². The van der Waals surface area contributed by atoms with Crippen molar-refractivity contribution in [2.24, 2.45) is 0 Å². The van der Waals surface area contributed by atoms with E-state index in [0.717, 1.165) is 6.07 Å². The predicted octanol–water partition coefficient (Wildman–Crippen LogP) is 3.13. The number of nitrogens with zero attached hydrogens (tertiary/aromatic N) is 1. The average Bonchev–Trinajstić information content (AvgIpc) is 3.05. The SMILES string of the molecule is CC(C)(NC(=O)Cc1cc2ccccc2c(=O)[nH]1)c1cc(C(F)(F)F)on1. The number of hydrogen-bond donors (Lipinski definition) is 2. The Balaban J connectivity index is 1.77. The number of fused-ring (bicyclic) bond motifs is 1. The van der Waals surface area contributed by atoms with E-state index in [1.54, 1.807) is 30.3 Å². The van der Waals surface area contributed by atoms with Crippen LogP contribution in [0.2, 0.25) is 0 Å². The molecule has 2 aromatic heterocycles. The molecule has 2 N–H and O–H groups in total. The fourth-order valence-electron chi connectivity index (χ4n) is 2.69. The van der Waals surface area contributed by atoms with Gasteiger partial charge in [0.05, 0.1) is 12.0 Å². The van der Waals surface area contributed by atoms with E-state index in [2.05, 4.69) is 20.0 Å². The molecule has 0 atom stereocenters. The highest BCUT2D eigenvalue weighted by atomic mass is 19.4. The van der Waals surface area contributed by atoms with E-state index in [0.29, 0.717) is 16.5 Å². The molecule has 0 aliphatic rings. The maximum Gasteiger partial charge on any atom is 0.452 e. The third kappa shape index (κ3) is 4.02. The molecule has 0 saturated carbocycles. The molecule has 3 rings (SSSR count). The molecule has 0 aliphatic heterocycles. The highest BCUT2D eigenvalue weighted by Gasteiger charge is 2.38. The van der Waals surface area contributed by atoms with Gasteiger partial charge in [0.1, 0.15) is 5.69 Å². The van der Waals surface area contributed by atoms with Crippen molar-refractivity contribution in [1.29, 1.82) is 0 Å². The molecule has 6 nitrogen and oxygen atoms in total. The van der Waals surface area contributed by atoms with Gasteiger partial charge >= 0.3 is 6.18 Å². The first-order valence-electron chi connectivity index (χ1n) is 8.02. The summed E-state index contributed by atoms with van der Waals surface area (Å²) in [6.45, 7) is 3.01. The molecule has 27 heavy (non-hydrogen) atoms. The molecule has 9 heteroatoms. The molecular weight excluding hydrogens is 363 g/mol. The van der Waals surface area contributed by atoms with Gasteiger partial charge in [-0.1, -0.05) is 23.4 Å².